The predicted molar refractivity (Wildman–Crippen MR) is 104 cm³/mol. The number of rotatable bonds is 7. The minimum atomic E-state index is -0.404. The van der Waals surface area contributed by atoms with Gasteiger partial charge in [0.1, 0.15) is 6.10 Å². The zero-order valence-corrected chi connectivity index (χ0v) is 16.4. The lowest BCUT2D eigenvalue weighted by atomic mass is 10.0. The average molecular weight is 387 g/mol. The highest BCUT2D eigenvalue weighted by molar-refractivity contribution is 5.94. The van der Waals surface area contributed by atoms with Gasteiger partial charge in [0.05, 0.1) is 19.3 Å². The van der Waals surface area contributed by atoms with Crippen LogP contribution in [-0.4, -0.2) is 68.8 Å². The Labute approximate surface area is 165 Å². The van der Waals surface area contributed by atoms with E-state index >= 15 is 0 Å². The van der Waals surface area contributed by atoms with Crippen molar-refractivity contribution in [2.24, 2.45) is 0 Å². The first-order chi connectivity index (χ1) is 13.7. The normalized spacial score (nSPS) is 23.9. The summed E-state index contributed by atoms with van der Waals surface area (Å²) in [5.74, 6) is -0.0166. The van der Waals surface area contributed by atoms with Crippen LogP contribution in [0.5, 0.6) is 0 Å². The highest BCUT2D eigenvalue weighted by atomic mass is 16.5. The molecule has 4 rings (SSSR count). The Morgan fingerprint density at radius 2 is 2.18 bits per heavy atom. The van der Waals surface area contributed by atoms with Gasteiger partial charge in [-0.2, -0.15) is 0 Å². The van der Waals surface area contributed by atoms with E-state index in [-0.39, 0.29) is 17.9 Å². The second-order valence-corrected chi connectivity index (χ2v) is 7.76. The first kappa shape index (κ1) is 19.4. The number of nitrogens with one attached hydrogen (secondary N) is 2. The Morgan fingerprint density at radius 3 is 2.89 bits per heavy atom. The molecule has 2 N–H and O–H groups in total. The number of morpholine rings is 1. The lowest BCUT2D eigenvalue weighted by Gasteiger charge is -2.34. The van der Waals surface area contributed by atoms with Crippen LogP contribution in [0, 0.1) is 0 Å². The van der Waals surface area contributed by atoms with E-state index in [1.165, 1.54) is 5.56 Å². The number of hydrogen-bond acceptors (Lipinski definition) is 5. The molecule has 1 aromatic carbocycles. The number of amides is 2. The van der Waals surface area contributed by atoms with E-state index in [0.717, 1.165) is 37.8 Å². The number of benzene rings is 1. The summed E-state index contributed by atoms with van der Waals surface area (Å²) in [7, 11) is 1.61. The minimum absolute atomic E-state index is 0.0345. The van der Waals surface area contributed by atoms with Crippen LogP contribution in [0.2, 0.25) is 0 Å². The number of hydrogen-bond donors (Lipinski definition) is 2. The molecule has 1 aromatic rings. The molecule has 2 amide bonds. The van der Waals surface area contributed by atoms with Crippen molar-refractivity contribution < 1.29 is 19.1 Å². The Bertz CT molecular complexity index is 728. The van der Waals surface area contributed by atoms with Crippen molar-refractivity contribution in [3.05, 3.63) is 34.9 Å². The molecule has 0 spiro atoms. The molecule has 0 bridgehead atoms. The molecule has 0 radical (unpaired) electrons. The highest BCUT2D eigenvalue weighted by Gasteiger charge is 2.43. The number of methoxy groups -OCH3 is 1. The van der Waals surface area contributed by atoms with Gasteiger partial charge in [-0.15, -0.1) is 0 Å². The standard InChI is InChI=1S/C21H29N3O4/c1-27-10-9-23-20(25)15-3-2-14-4-7-18(17(14)12-15)24(16-5-6-16)21(26)19-13-22-8-11-28-19/h2-3,12,16,18-19,22H,4-11,13H2,1H3,(H,23,25)/t18-,19+/m0/s1. The van der Waals surface area contributed by atoms with E-state index < -0.39 is 6.10 Å². The fourth-order valence-electron chi connectivity index (χ4n) is 4.21. The van der Waals surface area contributed by atoms with Gasteiger partial charge in [-0.3, -0.25) is 9.59 Å². The third kappa shape index (κ3) is 4.06. The molecule has 1 saturated carbocycles. The van der Waals surface area contributed by atoms with E-state index in [2.05, 4.69) is 15.5 Å². The molecule has 0 aromatic heterocycles. The number of carbonyl (C=O) groups excluding carboxylic acids is 2. The molecule has 7 heteroatoms. The van der Waals surface area contributed by atoms with Gasteiger partial charge in [0.25, 0.3) is 11.8 Å². The smallest absolute Gasteiger partial charge is 0.253 e. The molecule has 0 unspecified atom stereocenters. The minimum Gasteiger partial charge on any atom is -0.383 e. The van der Waals surface area contributed by atoms with Crippen molar-refractivity contribution >= 4 is 11.8 Å². The summed E-state index contributed by atoms with van der Waals surface area (Å²) in [6, 6.07) is 6.22. The lowest BCUT2D eigenvalue weighted by Crippen LogP contribution is -2.50. The van der Waals surface area contributed by atoms with Gasteiger partial charge in [0.15, 0.2) is 0 Å². The molecule has 2 fully saturated rings. The fraction of sp³-hybridized carbons (Fsp3) is 0.619. The third-order valence-corrected chi connectivity index (χ3v) is 5.78. The second-order valence-electron chi connectivity index (χ2n) is 7.76. The van der Waals surface area contributed by atoms with Crippen LogP contribution >= 0.6 is 0 Å². The predicted octanol–water partition coefficient (Wildman–Crippen LogP) is 1.03. The van der Waals surface area contributed by atoms with Crippen LogP contribution in [-0.2, 0) is 20.7 Å². The maximum atomic E-state index is 13.2. The Morgan fingerprint density at radius 1 is 1.32 bits per heavy atom. The zero-order chi connectivity index (χ0) is 19.5. The SMILES string of the molecule is COCCNC(=O)c1ccc2c(c1)[C@@H](N(C(=O)[C@H]1CNCCO1)C1CC1)CC2. The van der Waals surface area contributed by atoms with Crippen LogP contribution in [0.4, 0.5) is 0 Å². The van der Waals surface area contributed by atoms with Crippen LogP contribution in [0.3, 0.4) is 0 Å². The van der Waals surface area contributed by atoms with Crippen LogP contribution < -0.4 is 10.6 Å². The summed E-state index contributed by atoms with van der Waals surface area (Å²) < 4.78 is 10.7. The van der Waals surface area contributed by atoms with Crippen molar-refractivity contribution in [2.45, 2.75) is 43.9 Å². The van der Waals surface area contributed by atoms with E-state index in [1.807, 2.05) is 18.2 Å². The molecule has 1 saturated heterocycles. The summed E-state index contributed by atoms with van der Waals surface area (Å²) >= 11 is 0. The summed E-state index contributed by atoms with van der Waals surface area (Å²) in [6.07, 6.45) is 3.54. The number of nitrogens with zero attached hydrogens (tertiary/aromatic N) is 1. The highest BCUT2D eigenvalue weighted by Crippen LogP contribution is 2.42. The van der Waals surface area contributed by atoms with Crippen LogP contribution in [0.15, 0.2) is 18.2 Å². The Balaban J connectivity index is 1.53. The van der Waals surface area contributed by atoms with Crippen molar-refractivity contribution in [3.8, 4) is 0 Å². The van der Waals surface area contributed by atoms with E-state index in [0.29, 0.717) is 37.9 Å². The molecule has 28 heavy (non-hydrogen) atoms. The monoisotopic (exact) mass is 387 g/mol. The quantitative estimate of drug-likeness (QED) is 0.683. The number of aryl methyl sites for hydroxylation is 1. The van der Waals surface area contributed by atoms with Gasteiger partial charge in [-0.05, 0) is 48.9 Å². The van der Waals surface area contributed by atoms with Gasteiger partial charge in [0, 0.05) is 38.3 Å². The summed E-state index contributed by atoms with van der Waals surface area (Å²) in [6.45, 7) is 2.90. The Kier molecular flexibility index (Phi) is 5.94. The first-order valence-corrected chi connectivity index (χ1v) is 10.2. The van der Waals surface area contributed by atoms with E-state index in [1.54, 1.807) is 7.11 Å². The van der Waals surface area contributed by atoms with Crippen molar-refractivity contribution in [1.29, 1.82) is 0 Å². The molecule has 2 aliphatic carbocycles. The van der Waals surface area contributed by atoms with Crippen LogP contribution in [0.1, 0.15) is 46.8 Å². The molecule has 1 aliphatic heterocycles. The average Bonchev–Trinajstić information content (AvgIpc) is 3.48. The van der Waals surface area contributed by atoms with Gasteiger partial charge in [-0.25, -0.2) is 0 Å². The summed E-state index contributed by atoms with van der Waals surface area (Å²) in [5.41, 5.74) is 2.99. The van der Waals surface area contributed by atoms with Crippen molar-refractivity contribution in [3.63, 3.8) is 0 Å². The fourth-order valence-corrected chi connectivity index (χ4v) is 4.21. The zero-order valence-electron chi connectivity index (χ0n) is 16.4. The maximum absolute atomic E-state index is 13.2. The topological polar surface area (TPSA) is 79.9 Å². The van der Waals surface area contributed by atoms with E-state index in [4.69, 9.17) is 9.47 Å². The third-order valence-electron chi connectivity index (χ3n) is 5.78. The van der Waals surface area contributed by atoms with Gasteiger partial charge in [-0.1, -0.05) is 6.07 Å². The summed E-state index contributed by atoms with van der Waals surface area (Å²) in [4.78, 5) is 27.7. The van der Waals surface area contributed by atoms with Crippen molar-refractivity contribution in [1.82, 2.24) is 15.5 Å². The second kappa shape index (κ2) is 8.59. The molecule has 2 atom stereocenters. The maximum Gasteiger partial charge on any atom is 0.253 e. The van der Waals surface area contributed by atoms with Crippen LogP contribution in [0.25, 0.3) is 0 Å². The molecule has 152 valence electrons. The van der Waals surface area contributed by atoms with Crippen molar-refractivity contribution in [2.75, 3.05) is 40.0 Å². The van der Waals surface area contributed by atoms with E-state index in [9.17, 15) is 9.59 Å². The largest absolute Gasteiger partial charge is 0.383 e. The first-order valence-electron chi connectivity index (χ1n) is 10.2. The molecule has 1 heterocycles. The summed E-state index contributed by atoms with van der Waals surface area (Å²) in [5, 5.41) is 6.12. The molecule has 3 aliphatic rings. The molecular weight excluding hydrogens is 358 g/mol. The molecule has 7 nitrogen and oxygen atoms in total. The number of fused-ring (bicyclic) bond motifs is 1. The number of carbonyl (C=O) groups is 2. The number of ether oxygens (including phenoxy) is 2. The van der Waals surface area contributed by atoms with Gasteiger partial charge in [0.2, 0.25) is 0 Å². The van der Waals surface area contributed by atoms with Gasteiger partial charge >= 0.3 is 0 Å². The lowest BCUT2D eigenvalue weighted by molar-refractivity contribution is -0.148. The van der Waals surface area contributed by atoms with Gasteiger partial charge < -0.3 is 25.0 Å². The Hall–Kier alpha value is -1.96. The molecular formula is C21H29N3O4.